The van der Waals surface area contributed by atoms with Crippen LogP contribution in [0.25, 0.3) is 0 Å². The zero-order chi connectivity index (χ0) is 9.52. The Bertz CT molecular complexity index is 232. The summed E-state index contributed by atoms with van der Waals surface area (Å²) in [4.78, 5) is 10.9. The van der Waals surface area contributed by atoms with Crippen LogP contribution in [0.3, 0.4) is 0 Å². The van der Waals surface area contributed by atoms with Crippen molar-refractivity contribution in [2.45, 2.75) is 19.8 Å². The molecular weight excluding hydrogens is 164 g/mol. The Hall–Kier alpha value is -1.32. The molecule has 72 valence electrons. The van der Waals surface area contributed by atoms with E-state index in [-0.39, 0.29) is 0 Å². The fraction of sp³-hybridized carbons (Fsp3) is 0.556. The smallest absolute Gasteiger partial charge is 0.108 e. The lowest BCUT2D eigenvalue weighted by Crippen LogP contribution is -2.04. The van der Waals surface area contributed by atoms with E-state index in [9.17, 15) is 0 Å². The first-order valence-electron chi connectivity index (χ1n) is 4.51. The maximum Gasteiger partial charge on any atom is 0.108 e. The van der Waals surface area contributed by atoms with Gasteiger partial charge in [-0.3, -0.25) is 4.99 Å². The summed E-state index contributed by atoms with van der Waals surface area (Å²) in [5.74, 6) is 1.58. The number of hydrogen-bond acceptors (Lipinski definition) is 3. The zero-order valence-corrected chi connectivity index (χ0v) is 8.12. The highest BCUT2D eigenvalue weighted by atomic mass is 15.0. The Morgan fingerprint density at radius 2 is 2.31 bits per heavy atom. The quantitative estimate of drug-likeness (QED) is 0.681. The fourth-order valence-corrected chi connectivity index (χ4v) is 0.916. The van der Waals surface area contributed by atoms with E-state index >= 15 is 0 Å². The Balaban J connectivity index is 0.000000145. The van der Waals surface area contributed by atoms with Crippen LogP contribution in [-0.2, 0) is 0 Å². The molecule has 0 fully saturated rings. The lowest BCUT2D eigenvalue weighted by atomic mass is 10.2. The van der Waals surface area contributed by atoms with Crippen molar-refractivity contribution in [1.29, 1.82) is 0 Å². The minimum atomic E-state index is 0.519. The molecule has 2 rings (SSSR count). The second-order valence-electron chi connectivity index (χ2n) is 3.12. The number of aliphatic imine (C=N–C) groups is 1. The number of nitrogens with one attached hydrogen (secondary N) is 2. The molecule has 0 aromatic carbocycles. The van der Waals surface area contributed by atoms with Gasteiger partial charge in [0.1, 0.15) is 5.82 Å². The average molecular weight is 180 g/mol. The molecule has 1 aromatic rings. The van der Waals surface area contributed by atoms with Gasteiger partial charge in [0.15, 0.2) is 0 Å². The molecule has 4 heteroatoms. The number of nitrogens with zero attached hydrogens (tertiary/aromatic N) is 2. The van der Waals surface area contributed by atoms with Crippen LogP contribution < -0.4 is 5.32 Å². The third-order valence-electron chi connectivity index (χ3n) is 1.63. The normalized spacial score (nSPS) is 13.8. The number of hydrogen-bond donors (Lipinski definition) is 2. The fourth-order valence-electron chi connectivity index (χ4n) is 0.916. The molecule has 1 aliphatic heterocycles. The highest BCUT2D eigenvalue weighted by molar-refractivity contribution is 5.56. The topological polar surface area (TPSA) is 53.1 Å². The minimum Gasteiger partial charge on any atom is -0.375 e. The SMILES string of the molecule is C1=NCCN1.CC(C)c1ncc[nH]1. The summed E-state index contributed by atoms with van der Waals surface area (Å²) in [5, 5.41) is 2.93. The van der Waals surface area contributed by atoms with Gasteiger partial charge < -0.3 is 10.3 Å². The van der Waals surface area contributed by atoms with E-state index in [1.165, 1.54) is 0 Å². The zero-order valence-electron chi connectivity index (χ0n) is 8.12. The minimum absolute atomic E-state index is 0.519. The predicted molar refractivity (Wildman–Crippen MR) is 54.0 cm³/mol. The van der Waals surface area contributed by atoms with Crippen molar-refractivity contribution in [2.75, 3.05) is 13.1 Å². The van der Waals surface area contributed by atoms with Gasteiger partial charge in [0.2, 0.25) is 0 Å². The van der Waals surface area contributed by atoms with E-state index in [1.807, 2.05) is 6.20 Å². The number of aromatic nitrogens is 2. The van der Waals surface area contributed by atoms with Gasteiger partial charge in [-0.2, -0.15) is 0 Å². The number of imidazole rings is 1. The Kier molecular flexibility index (Phi) is 4.02. The second-order valence-corrected chi connectivity index (χ2v) is 3.12. The van der Waals surface area contributed by atoms with Crippen molar-refractivity contribution >= 4 is 6.34 Å². The van der Waals surface area contributed by atoms with Gasteiger partial charge >= 0.3 is 0 Å². The first kappa shape index (κ1) is 9.77. The van der Waals surface area contributed by atoms with Gasteiger partial charge in [0.25, 0.3) is 0 Å². The van der Waals surface area contributed by atoms with Crippen LogP contribution >= 0.6 is 0 Å². The molecule has 0 saturated carbocycles. The van der Waals surface area contributed by atoms with E-state index in [0.29, 0.717) is 5.92 Å². The molecule has 0 radical (unpaired) electrons. The van der Waals surface area contributed by atoms with E-state index in [2.05, 4.69) is 34.1 Å². The summed E-state index contributed by atoms with van der Waals surface area (Å²) in [6.07, 6.45) is 5.35. The first-order chi connectivity index (χ1) is 6.30. The van der Waals surface area contributed by atoms with Crippen LogP contribution in [-0.4, -0.2) is 29.4 Å². The molecule has 0 saturated heterocycles. The standard InChI is InChI=1S/C6H10N2.C3H6N2/c1-5(2)6-7-3-4-8-6;1-2-5-3-4-1/h3-5H,1-2H3,(H,7,8);3H,1-2H2,(H,4,5). The van der Waals surface area contributed by atoms with Crippen molar-refractivity contribution in [3.8, 4) is 0 Å². The van der Waals surface area contributed by atoms with Gasteiger partial charge in [-0.15, -0.1) is 0 Å². The van der Waals surface area contributed by atoms with Gasteiger partial charge in [-0.25, -0.2) is 4.98 Å². The van der Waals surface area contributed by atoms with E-state index < -0.39 is 0 Å². The molecule has 0 bridgehead atoms. The van der Waals surface area contributed by atoms with E-state index in [0.717, 1.165) is 18.9 Å². The maximum atomic E-state index is 4.06. The molecule has 0 aliphatic carbocycles. The molecule has 0 atom stereocenters. The van der Waals surface area contributed by atoms with Gasteiger partial charge in [-0.1, -0.05) is 13.8 Å². The monoisotopic (exact) mass is 180 g/mol. The summed E-state index contributed by atoms with van der Waals surface area (Å²) in [5.41, 5.74) is 0. The summed E-state index contributed by atoms with van der Waals surface area (Å²) in [6, 6.07) is 0. The van der Waals surface area contributed by atoms with Gasteiger partial charge in [0, 0.05) is 24.9 Å². The summed E-state index contributed by atoms with van der Waals surface area (Å²) in [6.45, 7) is 6.21. The Morgan fingerprint density at radius 3 is 2.54 bits per heavy atom. The van der Waals surface area contributed by atoms with Crippen LogP contribution in [0.2, 0.25) is 0 Å². The highest BCUT2D eigenvalue weighted by Crippen LogP contribution is 2.05. The molecule has 0 unspecified atom stereocenters. The first-order valence-corrected chi connectivity index (χ1v) is 4.51. The maximum absolute atomic E-state index is 4.06. The molecule has 1 aliphatic rings. The molecule has 2 heterocycles. The van der Waals surface area contributed by atoms with Crippen molar-refractivity contribution in [3.05, 3.63) is 18.2 Å². The van der Waals surface area contributed by atoms with Crippen molar-refractivity contribution < 1.29 is 0 Å². The molecule has 4 nitrogen and oxygen atoms in total. The van der Waals surface area contributed by atoms with Crippen LogP contribution in [0.1, 0.15) is 25.6 Å². The summed E-state index contributed by atoms with van der Waals surface area (Å²) < 4.78 is 0. The second kappa shape index (κ2) is 5.35. The highest BCUT2D eigenvalue weighted by Gasteiger charge is 1.96. The van der Waals surface area contributed by atoms with Crippen molar-refractivity contribution in [1.82, 2.24) is 15.3 Å². The van der Waals surface area contributed by atoms with Crippen LogP contribution in [0, 0.1) is 0 Å². The Labute approximate surface area is 78.5 Å². The number of rotatable bonds is 1. The van der Waals surface area contributed by atoms with Crippen LogP contribution in [0.4, 0.5) is 0 Å². The number of aromatic amines is 1. The molecule has 2 N–H and O–H groups in total. The lowest BCUT2D eigenvalue weighted by molar-refractivity contribution is 0.794. The predicted octanol–water partition coefficient (Wildman–Crippen LogP) is 1.15. The van der Waals surface area contributed by atoms with Crippen LogP contribution in [0.15, 0.2) is 17.4 Å². The van der Waals surface area contributed by atoms with Gasteiger partial charge in [-0.05, 0) is 0 Å². The molecule has 1 aromatic heterocycles. The lowest BCUT2D eigenvalue weighted by Gasteiger charge is -1.95. The third-order valence-corrected chi connectivity index (χ3v) is 1.63. The van der Waals surface area contributed by atoms with Crippen molar-refractivity contribution in [2.24, 2.45) is 4.99 Å². The average Bonchev–Trinajstić information content (AvgIpc) is 2.82. The van der Waals surface area contributed by atoms with Crippen LogP contribution in [0.5, 0.6) is 0 Å². The molecule has 13 heavy (non-hydrogen) atoms. The summed E-state index contributed by atoms with van der Waals surface area (Å²) in [7, 11) is 0. The third kappa shape index (κ3) is 3.73. The molecular formula is C9H16N4. The van der Waals surface area contributed by atoms with Gasteiger partial charge in [0.05, 0.1) is 12.9 Å². The molecule has 0 spiro atoms. The van der Waals surface area contributed by atoms with Crippen molar-refractivity contribution in [3.63, 3.8) is 0 Å². The summed E-state index contributed by atoms with van der Waals surface area (Å²) >= 11 is 0. The van der Waals surface area contributed by atoms with E-state index in [4.69, 9.17) is 0 Å². The Morgan fingerprint density at radius 1 is 1.46 bits per heavy atom. The van der Waals surface area contributed by atoms with E-state index in [1.54, 1.807) is 12.5 Å². The largest absolute Gasteiger partial charge is 0.375 e. The molecule has 0 amide bonds. The number of H-pyrrole nitrogens is 1.